The van der Waals surface area contributed by atoms with Gasteiger partial charge in [0.25, 0.3) is 6.20 Å². The highest BCUT2D eigenvalue weighted by atomic mass is 127. The zero-order chi connectivity index (χ0) is 16.4. The van der Waals surface area contributed by atoms with Gasteiger partial charge in [-0.05, 0) is 52.9 Å². The first-order valence-corrected chi connectivity index (χ1v) is 7.83. The molecule has 23 heavy (non-hydrogen) atoms. The van der Waals surface area contributed by atoms with E-state index in [1.165, 1.54) is 6.07 Å². The first-order chi connectivity index (χ1) is 11.0. The minimum absolute atomic E-state index is 0.0793. The number of hydrogen-bond donors (Lipinski definition) is 1. The van der Waals surface area contributed by atoms with Crippen molar-refractivity contribution in [1.29, 1.82) is 0 Å². The number of benzene rings is 2. The lowest BCUT2D eigenvalue weighted by Gasteiger charge is -2.11. The second-order valence-corrected chi connectivity index (χ2v) is 6.14. The number of anilines is 1. The van der Waals surface area contributed by atoms with Crippen molar-refractivity contribution in [3.05, 3.63) is 85.0 Å². The molecule has 0 bridgehead atoms. The Kier molecular flexibility index (Phi) is 4.37. The third kappa shape index (κ3) is 3.39. The largest absolute Gasteiger partial charge is 0.352 e. The minimum atomic E-state index is -0.529. The van der Waals surface area contributed by atoms with Crippen molar-refractivity contribution in [1.82, 2.24) is 0 Å². The van der Waals surface area contributed by atoms with Gasteiger partial charge in [-0.25, -0.2) is 4.39 Å². The molecule has 0 unspecified atom stereocenters. The number of rotatable bonds is 2. The van der Waals surface area contributed by atoms with E-state index in [9.17, 15) is 14.5 Å². The van der Waals surface area contributed by atoms with Gasteiger partial charge in [0.1, 0.15) is 11.5 Å². The average Bonchev–Trinajstić information content (AvgIpc) is 2.66. The summed E-state index contributed by atoms with van der Waals surface area (Å²) in [6, 6.07) is 11.9. The van der Waals surface area contributed by atoms with Crippen LogP contribution in [0.3, 0.4) is 0 Å². The molecule has 0 aliphatic carbocycles. The normalized spacial score (nSPS) is 15.4. The van der Waals surface area contributed by atoms with Gasteiger partial charge in [0.15, 0.2) is 0 Å². The Balaban J connectivity index is 2.19. The van der Waals surface area contributed by atoms with Gasteiger partial charge in [0, 0.05) is 20.4 Å². The number of nitrogens with zero attached hydrogens (tertiary/aromatic N) is 2. The van der Waals surface area contributed by atoms with E-state index in [0.29, 0.717) is 28.2 Å². The molecule has 0 atom stereocenters. The molecule has 3 rings (SSSR count). The Morgan fingerprint density at radius 2 is 2.04 bits per heavy atom. The van der Waals surface area contributed by atoms with Gasteiger partial charge >= 0.3 is 0 Å². The van der Waals surface area contributed by atoms with Crippen LogP contribution in [0.15, 0.2) is 59.4 Å². The zero-order valence-corrected chi connectivity index (χ0v) is 14.0. The number of fused-ring (bicyclic) bond motifs is 1. The number of benzodiazepines with no additional fused rings is 1. The van der Waals surface area contributed by atoms with Crippen LogP contribution in [-0.4, -0.2) is 17.2 Å². The summed E-state index contributed by atoms with van der Waals surface area (Å²) in [6.07, 6.45) is 0.884. The molecular weight excluding hydrogens is 412 g/mol. The molecule has 0 amide bonds. The maximum Gasteiger partial charge on any atom is 0.255 e. The molecule has 0 saturated heterocycles. The summed E-state index contributed by atoms with van der Waals surface area (Å²) < 4.78 is 15.1. The maximum absolute atomic E-state index is 14.2. The van der Waals surface area contributed by atoms with Gasteiger partial charge < -0.3 is 5.32 Å². The molecule has 2 aromatic carbocycles. The van der Waals surface area contributed by atoms with E-state index in [2.05, 4.69) is 32.9 Å². The second-order valence-electron chi connectivity index (χ2n) is 4.90. The van der Waals surface area contributed by atoms with Gasteiger partial charge in [-0.1, -0.05) is 12.1 Å². The van der Waals surface area contributed by atoms with Gasteiger partial charge in [-0.3, -0.25) is 15.1 Å². The lowest BCUT2D eigenvalue weighted by atomic mass is 10.0. The quantitative estimate of drug-likeness (QED) is 0.454. The molecule has 116 valence electrons. The van der Waals surface area contributed by atoms with E-state index in [1.807, 2.05) is 18.2 Å². The topological polar surface area (TPSA) is 67.5 Å². The third-order valence-corrected chi connectivity index (χ3v) is 4.00. The fourth-order valence-corrected chi connectivity index (χ4v) is 2.86. The van der Waals surface area contributed by atoms with Gasteiger partial charge in [-0.2, -0.15) is 0 Å². The van der Waals surface area contributed by atoms with Crippen molar-refractivity contribution in [3.8, 4) is 0 Å². The Hall–Kier alpha value is -2.29. The van der Waals surface area contributed by atoms with Crippen molar-refractivity contribution in [3.63, 3.8) is 0 Å². The Morgan fingerprint density at radius 3 is 2.78 bits per heavy atom. The number of hydrogen-bond acceptors (Lipinski definition) is 4. The van der Waals surface area contributed by atoms with Crippen LogP contribution in [-0.2, 0) is 0 Å². The number of nitro groups is 1. The summed E-state index contributed by atoms with van der Waals surface area (Å²) in [7, 11) is 0. The monoisotopic (exact) mass is 423 g/mol. The smallest absolute Gasteiger partial charge is 0.255 e. The number of nitrogens with one attached hydrogen (secondary N) is 1. The Morgan fingerprint density at radius 1 is 1.26 bits per heavy atom. The van der Waals surface area contributed by atoms with Crippen molar-refractivity contribution in [2.75, 3.05) is 11.9 Å². The van der Waals surface area contributed by atoms with Crippen molar-refractivity contribution in [2.24, 2.45) is 4.99 Å². The molecule has 1 N–H and O–H groups in total. The molecular formula is C16H11FIN3O2. The lowest BCUT2D eigenvalue weighted by Crippen LogP contribution is -2.07. The van der Waals surface area contributed by atoms with Crippen molar-refractivity contribution >= 4 is 34.0 Å². The summed E-state index contributed by atoms with van der Waals surface area (Å²) in [5, 5.41) is 13.7. The van der Waals surface area contributed by atoms with E-state index >= 15 is 0 Å². The lowest BCUT2D eigenvalue weighted by molar-refractivity contribution is -0.403. The highest BCUT2D eigenvalue weighted by molar-refractivity contribution is 14.1. The van der Waals surface area contributed by atoms with E-state index in [1.54, 1.807) is 18.2 Å². The van der Waals surface area contributed by atoms with Gasteiger partial charge in [0.2, 0.25) is 0 Å². The van der Waals surface area contributed by atoms with Gasteiger partial charge in [-0.15, -0.1) is 0 Å². The Bertz CT molecular complexity index is 849. The van der Waals surface area contributed by atoms with E-state index in [-0.39, 0.29) is 12.4 Å². The van der Waals surface area contributed by atoms with Crippen LogP contribution in [0.25, 0.3) is 0 Å². The highest BCUT2D eigenvalue weighted by Crippen LogP contribution is 2.27. The highest BCUT2D eigenvalue weighted by Gasteiger charge is 2.20. The number of aliphatic imine (C=N–C) groups is 1. The molecule has 1 aliphatic heterocycles. The molecule has 0 aromatic heterocycles. The van der Waals surface area contributed by atoms with E-state index < -0.39 is 4.92 Å². The third-order valence-electron chi connectivity index (χ3n) is 3.33. The van der Waals surface area contributed by atoms with E-state index in [0.717, 1.165) is 9.77 Å². The van der Waals surface area contributed by atoms with Gasteiger partial charge in [0.05, 0.1) is 17.2 Å². The SMILES string of the molecule is O=[N+]([O-])/C=C1/CN=C(c2ccccc2F)c2cc(I)ccc2N1. The van der Waals surface area contributed by atoms with E-state index in [4.69, 9.17) is 0 Å². The average molecular weight is 423 g/mol. The molecule has 5 nitrogen and oxygen atoms in total. The summed E-state index contributed by atoms with van der Waals surface area (Å²) in [4.78, 5) is 14.6. The molecule has 7 heteroatoms. The molecule has 0 spiro atoms. The molecule has 2 aromatic rings. The summed E-state index contributed by atoms with van der Waals surface area (Å²) in [6.45, 7) is 0.0793. The van der Waals surface area contributed by atoms with Crippen LogP contribution in [0.2, 0.25) is 0 Å². The molecule has 0 radical (unpaired) electrons. The van der Waals surface area contributed by atoms with Crippen LogP contribution in [0.1, 0.15) is 11.1 Å². The number of halogens is 2. The predicted octanol–water partition coefficient (Wildman–Crippen LogP) is 3.81. The first kappa shape index (κ1) is 15.6. The summed E-state index contributed by atoms with van der Waals surface area (Å²) >= 11 is 2.16. The minimum Gasteiger partial charge on any atom is -0.352 e. The van der Waals surface area contributed by atoms with Crippen molar-refractivity contribution < 1.29 is 9.31 Å². The summed E-state index contributed by atoms with van der Waals surface area (Å²) in [5.74, 6) is -0.377. The van der Waals surface area contributed by atoms with Crippen LogP contribution >= 0.6 is 22.6 Å². The fraction of sp³-hybridized carbons (Fsp3) is 0.0625. The first-order valence-electron chi connectivity index (χ1n) is 6.75. The molecule has 1 heterocycles. The molecule has 0 fully saturated rings. The second kappa shape index (κ2) is 6.45. The van der Waals surface area contributed by atoms with Crippen LogP contribution < -0.4 is 5.32 Å². The van der Waals surface area contributed by atoms with Crippen molar-refractivity contribution in [2.45, 2.75) is 0 Å². The maximum atomic E-state index is 14.2. The van der Waals surface area contributed by atoms with Crippen LogP contribution in [0.5, 0.6) is 0 Å². The Labute approximate surface area is 145 Å². The molecule has 1 aliphatic rings. The zero-order valence-electron chi connectivity index (χ0n) is 11.8. The predicted molar refractivity (Wildman–Crippen MR) is 94.8 cm³/mol. The van der Waals surface area contributed by atoms with Crippen LogP contribution in [0, 0.1) is 19.5 Å². The fourth-order valence-electron chi connectivity index (χ4n) is 2.37. The standard InChI is InChI=1S/C16H11FIN3O2/c17-14-4-2-1-3-12(14)16-13-7-10(18)5-6-15(13)20-11(8-19-16)9-21(22)23/h1-7,9,20H,8H2/b11-9-. The summed E-state index contributed by atoms with van der Waals surface area (Å²) in [5.41, 5.74) is 2.59. The molecule has 0 saturated carbocycles. The van der Waals surface area contributed by atoms with Crippen LogP contribution in [0.4, 0.5) is 10.1 Å².